The number of carbonyl (C=O) groups is 2. The van der Waals surface area contributed by atoms with E-state index in [1.54, 1.807) is 11.3 Å². The van der Waals surface area contributed by atoms with Gasteiger partial charge in [-0.2, -0.15) is 11.3 Å². The SMILES string of the molecule is Cc1cc(C)c(C2C(=O)[C@@H]3[C@@H]4O[C@@H](C[C@H]4c4ccsc4)[C@@H]3C2=O)c(C)c1. The first-order valence-electron chi connectivity index (χ1n) is 9.30. The first-order valence-corrected chi connectivity index (χ1v) is 10.2. The lowest BCUT2D eigenvalue weighted by atomic mass is 9.73. The minimum atomic E-state index is -0.597. The van der Waals surface area contributed by atoms with Crippen molar-refractivity contribution in [2.45, 2.75) is 51.2 Å². The van der Waals surface area contributed by atoms with E-state index in [-0.39, 0.29) is 41.5 Å². The number of carbonyl (C=O) groups excluding carboxylic acids is 2. The molecule has 3 nitrogen and oxygen atoms in total. The molecule has 1 aromatic carbocycles. The lowest BCUT2D eigenvalue weighted by molar-refractivity contribution is -0.127. The van der Waals surface area contributed by atoms with Gasteiger partial charge in [0.05, 0.1) is 24.0 Å². The predicted molar refractivity (Wildman–Crippen MR) is 101 cm³/mol. The lowest BCUT2D eigenvalue weighted by Crippen LogP contribution is -2.33. The van der Waals surface area contributed by atoms with Crippen LogP contribution >= 0.6 is 11.3 Å². The van der Waals surface area contributed by atoms with Crippen molar-refractivity contribution >= 4 is 22.9 Å². The number of ketones is 2. The van der Waals surface area contributed by atoms with Crippen LogP contribution in [0.2, 0.25) is 0 Å². The number of ether oxygens (including phenoxy) is 1. The molecular weight excluding hydrogens is 344 g/mol. The Balaban J connectivity index is 1.54. The van der Waals surface area contributed by atoms with Gasteiger partial charge in [-0.1, -0.05) is 17.7 Å². The molecule has 2 saturated heterocycles. The Bertz CT molecular complexity index is 890. The second-order valence-corrected chi connectivity index (χ2v) is 8.92. The number of fused-ring (bicyclic) bond motifs is 5. The van der Waals surface area contributed by atoms with Crippen LogP contribution in [-0.2, 0) is 14.3 Å². The molecule has 1 saturated carbocycles. The first kappa shape index (κ1) is 16.4. The average molecular weight is 366 g/mol. The monoisotopic (exact) mass is 366 g/mol. The molecule has 2 bridgehead atoms. The molecule has 4 heteroatoms. The molecule has 0 N–H and O–H groups in total. The Hall–Kier alpha value is -1.78. The molecule has 6 atom stereocenters. The topological polar surface area (TPSA) is 43.4 Å². The quantitative estimate of drug-likeness (QED) is 0.752. The molecule has 1 aliphatic carbocycles. The second-order valence-electron chi connectivity index (χ2n) is 8.14. The zero-order valence-corrected chi connectivity index (χ0v) is 16.0. The summed E-state index contributed by atoms with van der Waals surface area (Å²) >= 11 is 1.68. The summed E-state index contributed by atoms with van der Waals surface area (Å²) in [7, 11) is 0. The smallest absolute Gasteiger partial charge is 0.154 e. The molecule has 3 heterocycles. The third kappa shape index (κ3) is 2.09. The molecule has 0 spiro atoms. The number of thiophene rings is 1. The zero-order chi connectivity index (χ0) is 18.2. The van der Waals surface area contributed by atoms with E-state index in [2.05, 4.69) is 35.9 Å². The molecule has 0 amide bonds. The van der Waals surface area contributed by atoms with E-state index in [9.17, 15) is 9.59 Å². The molecule has 134 valence electrons. The zero-order valence-electron chi connectivity index (χ0n) is 15.2. The van der Waals surface area contributed by atoms with E-state index in [1.807, 2.05) is 13.8 Å². The van der Waals surface area contributed by atoms with Crippen molar-refractivity contribution in [2.24, 2.45) is 11.8 Å². The summed E-state index contributed by atoms with van der Waals surface area (Å²) in [5.74, 6) is -0.679. The van der Waals surface area contributed by atoms with Gasteiger partial charge in [-0.3, -0.25) is 9.59 Å². The van der Waals surface area contributed by atoms with Crippen LogP contribution in [0.15, 0.2) is 29.0 Å². The minimum Gasteiger partial charge on any atom is -0.373 e. The molecule has 3 aliphatic rings. The maximum Gasteiger partial charge on any atom is 0.154 e. The normalized spacial score (nSPS) is 35.3. The van der Waals surface area contributed by atoms with Gasteiger partial charge in [0.1, 0.15) is 5.92 Å². The summed E-state index contributed by atoms with van der Waals surface area (Å²) in [6, 6.07) is 6.29. The lowest BCUT2D eigenvalue weighted by Gasteiger charge is -2.25. The van der Waals surface area contributed by atoms with Crippen molar-refractivity contribution in [3.8, 4) is 0 Å². The highest BCUT2D eigenvalue weighted by atomic mass is 32.1. The highest BCUT2D eigenvalue weighted by Crippen LogP contribution is 2.57. The van der Waals surface area contributed by atoms with E-state index in [4.69, 9.17) is 4.74 Å². The Morgan fingerprint density at radius 1 is 1.04 bits per heavy atom. The van der Waals surface area contributed by atoms with Crippen LogP contribution in [0.25, 0.3) is 0 Å². The van der Waals surface area contributed by atoms with E-state index in [0.29, 0.717) is 0 Å². The first-order chi connectivity index (χ1) is 12.5. The fraction of sp³-hybridized carbons (Fsp3) is 0.455. The van der Waals surface area contributed by atoms with Crippen molar-refractivity contribution in [3.05, 3.63) is 56.8 Å². The largest absolute Gasteiger partial charge is 0.373 e. The summed E-state index contributed by atoms with van der Waals surface area (Å²) in [5.41, 5.74) is 5.47. The van der Waals surface area contributed by atoms with Gasteiger partial charge < -0.3 is 4.74 Å². The van der Waals surface area contributed by atoms with Crippen LogP contribution in [-0.4, -0.2) is 23.8 Å². The van der Waals surface area contributed by atoms with Gasteiger partial charge in [0.25, 0.3) is 0 Å². The molecule has 1 unspecified atom stereocenters. The van der Waals surface area contributed by atoms with Gasteiger partial charge in [-0.25, -0.2) is 0 Å². The molecule has 0 radical (unpaired) electrons. The molecule has 1 aromatic heterocycles. The Kier molecular flexibility index (Phi) is 3.54. The summed E-state index contributed by atoms with van der Waals surface area (Å²) in [4.78, 5) is 26.7. The van der Waals surface area contributed by atoms with Crippen molar-refractivity contribution in [2.75, 3.05) is 0 Å². The van der Waals surface area contributed by atoms with Crippen LogP contribution in [0.3, 0.4) is 0 Å². The summed E-state index contributed by atoms with van der Waals surface area (Å²) in [6.07, 6.45) is 0.634. The maximum atomic E-state index is 13.4. The second kappa shape index (κ2) is 5.61. The standard InChI is InChI=1S/C22H22O3S/c1-10-6-11(2)16(12(3)7-10)18-20(23)17-15-8-14(13-4-5-26-9-13)22(25-15)19(17)21(18)24/h4-7,9,14-15,17-19,22H,8H2,1-3H3/t14-,15-,17-,18?,19+,22+/m0/s1. The maximum absolute atomic E-state index is 13.4. The minimum absolute atomic E-state index is 0.0856. The van der Waals surface area contributed by atoms with E-state index >= 15 is 0 Å². The molecule has 2 aromatic rings. The summed E-state index contributed by atoms with van der Waals surface area (Å²) in [6.45, 7) is 6.09. The predicted octanol–water partition coefficient (Wildman–Crippen LogP) is 4.10. The van der Waals surface area contributed by atoms with E-state index in [0.717, 1.165) is 23.1 Å². The fourth-order valence-corrected chi connectivity index (χ4v) is 6.43. The van der Waals surface area contributed by atoms with Crippen LogP contribution in [0, 0.1) is 32.6 Å². The number of Topliss-reactive ketones (excluding diaryl/α,β-unsaturated/α-hetero) is 2. The summed E-state index contributed by atoms with van der Waals surface area (Å²) < 4.78 is 6.14. The van der Waals surface area contributed by atoms with Crippen LogP contribution in [0.1, 0.15) is 46.1 Å². The molecule has 2 aliphatic heterocycles. The fourth-order valence-electron chi connectivity index (χ4n) is 5.71. The molecule has 26 heavy (non-hydrogen) atoms. The summed E-state index contributed by atoms with van der Waals surface area (Å²) in [5, 5.41) is 4.22. The van der Waals surface area contributed by atoms with E-state index in [1.165, 1.54) is 11.1 Å². The van der Waals surface area contributed by atoms with Crippen molar-refractivity contribution < 1.29 is 14.3 Å². The van der Waals surface area contributed by atoms with Crippen molar-refractivity contribution in [1.82, 2.24) is 0 Å². The number of benzene rings is 1. The average Bonchev–Trinajstić information content (AvgIpc) is 3.33. The van der Waals surface area contributed by atoms with Crippen molar-refractivity contribution in [1.29, 1.82) is 0 Å². The van der Waals surface area contributed by atoms with Gasteiger partial charge in [-0.15, -0.1) is 0 Å². The number of aryl methyl sites for hydroxylation is 3. The third-order valence-corrected chi connectivity index (χ3v) is 7.28. The van der Waals surface area contributed by atoms with Gasteiger partial charge in [0, 0.05) is 5.92 Å². The third-order valence-electron chi connectivity index (χ3n) is 6.58. The van der Waals surface area contributed by atoms with Gasteiger partial charge >= 0.3 is 0 Å². The van der Waals surface area contributed by atoms with E-state index < -0.39 is 5.92 Å². The Morgan fingerprint density at radius 3 is 2.38 bits per heavy atom. The highest BCUT2D eigenvalue weighted by Gasteiger charge is 2.66. The molecule has 3 fully saturated rings. The van der Waals surface area contributed by atoms with Crippen LogP contribution in [0.5, 0.6) is 0 Å². The van der Waals surface area contributed by atoms with Crippen molar-refractivity contribution in [3.63, 3.8) is 0 Å². The molecule has 5 rings (SSSR count). The van der Waals surface area contributed by atoms with Gasteiger partial charge in [0.15, 0.2) is 11.6 Å². The van der Waals surface area contributed by atoms with Gasteiger partial charge in [0.2, 0.25) is 0 Å². The van der Waals surface area contributed by atoms with Crippen LogP contribution in [0.4, 0.5) is 0 Å². The highest BCUT2D eigenvalue weighted by molar-refractivity contribution is 7.08. The Labute approximate surface area is 157 Å². The number of rotatable bonds is 2. The Morgan fingerprint density at radius 2 is 1.73 bits per heavy atom. The molecular formula is C22H22O3S. The number of hydrogen-bond donors (Lipinski definition) is 0. The van der Waals surface area contributed by atoms with Gasteiger partial charge in [-0.05, 0) is 66.3 Å². The van der Waals surface area contributed by atoms with Crippen LogP contribution < -0.4 is 0 Å². The number of hydrogen-bond acceptors (Lipinski definition) is 4.